The predicted molar refractivity (Wildman–Crippen MR) is 60.7 cm³/mol. The lowest BCUT2D eigenvalue weighted by molar-refractivity contribution is 0.0564. The number of urea groups is 1. The number of aromatic nitrogens is 1. The van der Waals surface area contributed by atoms with Crippen molar-refractivity contribution in [3.8, 4) is 0 Å². The molecule has 16 heavy (non-hydrogen) atoms. The second kappa shape index (κ2) is 5.14. The van der Waals surface area contributed by atoms with E-state index in [1.807, 2.05) is 0 Å². The second-order valence-corrected chi connectivity index (χ2v) is 3.77. The summed E-state index contributed by atoms with van der Waals surface area (Å²) in [5, 5.41) is 3.10. The number of ether oxygens (including phenoxy) is 1. The van der Waals surface area contributed by atoms with Crippen molar-refractivity contribution in [2.24, 2.45) is 0 Å². The maximum Gasteiger partial charge on any atom is 0.323 e. The first kappa shape index (κ1) is 11.2. The molecule has 2 rings (SSSR count). The SMILES string of the molecule is O=C(Nc1ncccc1Cl)N1CCOCC1. The van der Waals surface area contributed by atoms with Gasteiger partial charge in [0.1, 0.15) is 0 Å². The number of nitrogens with one attached hydrogen (secondary N) is 1. The molecule has 1 fully saturated rings. The molecule has 0 saturated carbocycles. The molecular weight excluding hydrogens is 230 g/mol. The van der Waals surface area contributed by atoms with E-state index in [4.69, 9.17) is 16.3 Å². The van der Waals surface area contributed by atoms with E-state index in [0.717, 1.165) is 0 Å². The zero-order chi connectivity index (χ0) is 11.4. The second-order valence-electron chi connectivity index (χ2n) is 3.36. The van der Waals surface area contributed by atoms with E-state index in [1.54, 1.807) is 23.2 Å². The molecule has 2 heterocycles. The summed E-state index contributed by atoms with van der Waals surface area (Å²) in [7, 11) is 0. The lowest BCUT2D eigenvalue weighted by Gasteiger charge is -2.26. The normalized spacial score (nSPS) is 15.9. The first-order valence-electron chi connectivity index (χ1n) is 5.01. The van der Waals surface area contributed by atoms with Gasteiger partial charge in [-0.25, -0.2) is 9.78 Å². The molecule has 0 aromatic carbocycles. The van der Waals surface area contributed by atoms with Crippen LogP contribution in [0.25, 0.3) is 0 Å². The van der Waals surface area contributed by atoms with Gasteiger partial charge in [-0.05, 0) is 12.1 Å². The van der Waals surface area contributed by atoms with Crippen molar-refractivity contribution in [2.75, 3.05) is 31.6 Å². The Morgan fingerprint density at radius 1 is 1.50 bits per heavy atom. The van der Waals surface area contributed by atoms with Crippen LogP contribution in [0, 0.1) is 0 Å². The maximum atomic E-state index is 11.8. The molecule has 86 valence electrons. The van der Waals surface area contributed by atoms with E-state index in [9.17, 15) is 4.79 Å². The van der Waals surface area contributed by atoms with Gasteiger partial charge < -0.3 is 9.64 Å². The molecule has 5 nitrogen and oxygen atoms in total. The predicted octanol–water partition coefficient (Wildman–Crippen LogP) is 1.60. The van der Waals surface area contributed by atoms with Gasteiger partial charge in [-0.3, -0.25) is 5.32 Å². The minimum absolute atomic E-state index is 0.191. The van der Waals surface area contributed by atoms with Gasteiger partial charge >= 0.3 is 6.03 Å². The Kier molecular flexibility index (Phi) is 3.58. The molecule has 1 aliphatic rings. The Morgan fingerprint density at radius 3 is 2.94 bits per heavy atom. The fourth-order valence-electron chi connectivity index (χ4n) is 1.42. The van der Waals surface area contributed by atoms with E-state index in [1.165, 1.54) is 0 Å². The Labute approximate surface area is 98.4 Å². The minimum Gasteiger partial charge on any atom is -0.378 e. The van der Waals surface area contributed by atoms with Gasteiger partial charge in [0.15, 0.2) is 5.82 Å². The van der Waals surface area contributed by atoms with Crippen LogP contribution in [0.5, 0.6) is 0 Å². The fourth-order valence-corrected chi connectivity index (χ4v) is 1.59. The van der Waals surface area contributed by atoms with Crippen LogP contribution >= 0.6 is 11.6 Å². The molecule has 2 amide bonds. The number of morpholine rings is 1. The third kappa shape index (κ3) is 2.62. The molecule has 0 atom stereocenters. The average Bonchev–Trinajstić information content (AvgIpc) is 2.33. The van der Waals surface area contributed by atoms with Crippen LogP contribution in [0.15, 0.2) is 18.3 Å². The zero-order valence-corrected chi connectivity index (χ0v) is 9.41. The molecule has 1 aromatic rings. The van der Waals surface area contributed by atoms with E-state index >= 15 is 0 Å². The Balaban J connectivity index is 1.99. The summed E-state index contributed by atoms with van der Waals surface area (Å²) in [4.78, 5) is 17.4. The van der Waals surface area contributed by atoms with E-state index < -0.39 is 0 Å². The third-order valence-electron chi connectivity index (χ3n) is 2.28. The molecule has 1 N–H and O–H groups in total. The van der Waals surface area contributed by atoms with Crippen LogP contribution < -0.4 is 5.32 Å². The van der Waals surface area contributed by atoms with Crippen molar-refractivity contribution in [3.63, 3.8) is 0 Å². The molecule has 0 spiro atoms. The van der Waals surface area contributed by atoms with Gasteiger partial charge in [0.05, 0.1) is 18.2 Å². The van der Waals surface area contributed by atoms with Gasteiger partial charge in [0.25, 0.3) is 0 Å². The van der Waals surface area contributed by atoms with Crippen molar-refractivity contribution in [1.82, 2.24) is 9.88 Å². The number of hydrogen-bond donors (Lipinski definition) is 1. The van der Waals surface area contributed by atoms with E-state index in [2.05, 4.69) is 10.3 Å². The van der Waals surface area contributed by atoms with Crippen molar-refractivity contribution < 1.29 is 9.53 Å². The number of nitrogens with zero attached hydrogens (tertiary/aromatic N) is 2. The molecule has 6 heteroatoms. The number of amides is 2. The molecule has 0 unspecified atom stereocenters. The summed E-state index contributed by atoms with van der Waals surface area (Å²) in [5.74, 6) is 0.389. The minimum atomic E-state index is -0.191. The van der Waals surface area contributed by atoms with Crippen LogP contribution in [0.3, 0.4) is 0 Å². The number of anilines is 1. The summed E-state index contributed by atoms with van der Waals surface area (Å²) in [6.07, 6.45) is 1.58. The number of carbonyl (C=O) groups is 1. The molecule has 0 radical (unpaired) electrons. The van der Waals surface area contributed by atoms with Gasteiger partial charge in [0.2, 0.25) is 0 Å². The molecular formula is C10H12ClN3O2. The molecule has 1 saturated heterocycles. The van der Waals surface area contributed by atoms with Crippen LogP contribution in [-0.2, 0) is 4.74 Å². The highest BCUT2D eigenvalue weighted by molar-refractivity contribution is 6.33. The highest BCUT2D eigenvalue weighted by Crippen LogP contribution is 2.17. The van der Waals surface area contributed by atoms with Crippen LogP contribution in [0.1, 0.15) is 0 Å². The van der Waals surface area contributed by atoms with Crippen molar-refractivity contribution in [1.29, 1.82) is 0 Å². The number of hydrogen-bond acceptors (Lipinski definition) is 3. The van der Waals surface area contributed by atoms with Crippen LogP contribution in [-0.4, -0.2) is 42.2 Å². The first-order valence-corrected chi connectivity index (χ1v) is 5.39. The molecule has 0 aliphatic carbocycles. The van der Waals surface area contributed by atoms with Crippen molar-refractivity contribution >= 4 is 23.4 Å². The van der Waals surface area contributed by atoms with Crippen molar-refractivity contribution in [2.45, 2.75) is 0 Å². The van der Waals surface area contributed by atoms with Gasteiger partial charge in [-0.15, -0.1) is 0 Å². The largest absolute Gasteiger partial charge is 0.378 e. The Hall–Kier alpha value is -1.33. The number of pyridine rings is 1. The summed E-state index contributed by atoms with van der Waals surface area (Å²) < 4.78 is 5.16. The van der Waals surface area contributed by atoms with Crippen LogP contribution in [0.4, 0.5) is 10.6 Å². The highest BCUT2D eigenvalue weighted by atomic mass is 35.5. The molecule has 1 aromatic heterocycles. The Bertz CT molecular complexity index is 380. The number of halogens is 1. The zero-order valence-electron chi connectivity index (χ0n) is 8.65. The Morgan fingerprint density at radius 2 is 2.25 bits per heavy atom. The van der Waals surface area contributed by atoms with Gasteiger partial charge in [-0.2, -0.15) is 0 Å². The average molecular weight is 242 g/mol. The summed E-state index contributed by atoms with van der Waals surface area (Å²) >= 11 is 5.89. The van der Waals surface area contributed by atoms with Crippen molar-refractivity contribution in [3.05, 3.63) is 23.4 Å². The van der Waals surface area contributed by atoms with E-state index in [-0.39, 0.29) is 6.03 Å². The summed E-state index contributed by atoms with van der Waals surface area (Å²) in [6, 6.07) is 3.21. The monoisotopic (exact) mass is 241 g/mol. The maximum absolute atomic E-state index is 11.8. The number of rotatable bonds is 1. The third-order valence-corrected chi connectivity index (χ3v) is 2.59. The van der Waals surface area contributed by atoms with Crippen LogP contribution in [0.2, 0.25) is 5.02 Å². The smallest absolute Gasteiger partial charge is 0.323 e. The topological polar surface area (TPSA) is 54.5 Å². The summed E-state index contributed by atoms with van der Waals surface area (Å²) in [5.41, 5.74) is 0. The lowest BCUT2D eigenvalue weighted by atomic mass is 10.4. The van der Waals surface area contributed by atoms with Gasteiger partial charge in [-0.1, -0.05) is 11.6 Å². The highest BCUT2D eigenvalue weighted by Gasteiger charge is 2.17. The molecule has 1 aliphatic heterocycles. The number of carbonyl (C=O) groups excluding carboxylic acids is 1. The standard InChI is InChI=1S/C10H12ClN3O2/c11-8-2-1-3-12-9(8)13-10(15)14-4-6-16-7-5-14/h1-3H,4-7H2,(H,12,13,15). The quantitative estimate of drug-likeness (QED) is 0.813. The fraction of sp³-hybridized carbons (Fsp3) is 0.400. The molecule has 0 bridgehead atoms. The van der Waals surface area contributed by atoms with Gasteiger partial charge in [0, 0.05) is 19.3 Å². The lowest BCUT2D eigenvalue weighted by Crippen LogP contribution is -2.43. The summed E-state index contributed by atoms with van der Waals surface area (Å²) in [6.45, 7) is 2.33. The van der Waals surface area contributed by atoms with E-state index in [0.29, 0.717) is 37.1 Å². The first-order chi connectivity index (χ1) is 7.77.